The molecule has 1 amide bonds. The monoisotopic (exact) mass is 259 g/mol. The second-order valence-corrected chi connectivity index (χ2v) is 4.02. The third kappa shape index (κ3) is 3.55. The lowest BCUT2D eigenvalue weighted by Gasteiger charge is -2.07. The van der Waals surface area contributed by atoms with Gasteiger partial charge in [0, 0.05) is 12.6 Å². The van der Waals surface area contributed by atoms with Crippen molar-refractivity contribution >= 4 is 5.91 Å². The molecule has 0 aliphatic heterocycles. The Kier molecular flexibility index (Phi) is 4.13. The van der Waals surface area contributed by atoms with Crippen molar-refractivity contribution in [3.63, 3.8) is 0 Å². The molecule has 0 aromatic heterocycles. The summed E-state index contributed by atoms with van der Waals surface area (Å²) in [5, 5.41) is 2.54. The van der Waals surface area contributed by atoms with Gasteiger partial charge in [-0.25, -0.2) is 4.39 Å². The molecule has 98 valence electrons. The summed E-state index contributed by atoms with van der Waals surface area (Å²) < 4.78 is 18.5. The smallest absolute Gasteiger partial charge is 0.251 e. The molecular formula is C15H14FNO2. The van der Waals surface area contributed by atoms with Gasteiger partial charge < -0.3 is 10.1 Å². The Labute approximate surface area is 111 Å². The van der Waals surface area contributed by atoms with Crippen LogP contribution >= 0.6 is 0 Å². The van der Waals surface area contributed by atoms with E-state index < -0.39 is 0 Å². The van der Waals surface area contributed by atoms with Crippen LogP contribution in [-0.2, 0) is 6.61 Å². The highest BCUT2D eigenvalue weighted by Gasteiger charge is 2.03. The van der Waals surface area contributed by atoms with Gasteiger partial charge in [-0.05, 0) is 42.0 Å². The van der Waals surface area contributed by atoms with E-state index >= 15 is 0 Å². The normalized spacial score (nSPS) is 10.0. The molecule has 0 bridgehead atoms. The molecule has 1 N–H and O–H groups in total. The Morgan fingerprint density at radius 2 is 1.95 bits per heavy atom. The van der Waals surface area contributed by atoms with E-state index in [9.17, 15) is 9.18 Å². The average Bonchev–Trinajstić information content (AvgIpc) is 2.45. The zero-order valence-corrected chi connectivity index (χ0v) is 10.5. The first kappa shape index (κ1) is 13.1. The molecule has 3 nitrogen and oxygen atoms in total. The number of halogens is 1. The molecule has 0 radical (unpaired) electrons. The number of nitrogens with one attached hydrogen (secondary N) is 1. The Balaban J connectivity index is 1.98. The minimum atomic E-state index is -0.281. The van der Waals surface area contributed by atoms with E-state index in [1.54, 1.807) is 43.4 Å². The lowest BCUT2D eigenvalue weighted by atomic mass is 10.2. The minimum absolute atomic E-state index is 0.142. The molecule has 0 aliphatic carbocycles. The molecule has 2 rings (SSSR count). The molecule has 0 spiro atoms. The average molecular weight is 259 g/mol. The SMILES string of the molecule is CNC(=O)c1ccc(OCc2cccc(F)c2)cc1. The molecule has 2 aromatic carbocycles. The van der Waals surface area contributed by atoms with Gasteiger partial charge in [0.15, 0.2) is 0 Å². The second kappa shape index (κ2) is 6.00. The third-order valence-electron chi connectivity index (χ3n) is 2.64. The number of carbonyl (C=O) groups is 1. The molecule has 0 saturated heterocycles. The molecule has 0 saturated carbocycles. The van der Waals surface area contributed by atoms with Crippen molar-refractivity contribution < 1.29 is 13.9 Å². The van der Waals surface area contributed by atoms with E-state index in [2.05, 4.69) is 5.32 Å². The van der Waals surface area contributed by atoms with Gasteiger partial charge in [0.2, 0.25) is 0 Å². The summed E-state index contributed by atoms with van der Waals surface area (Å²) >= 11 is 0. The Morgan fingerprint density at radius 3 is 2.58 bits per heavy atom. The summed E-state index contributed by atoms with van der Waals surface area (Å²) in [6.45, 7) is 0.289. The van der Waals surface area contributed by atoms with E-state index in [-0.39, 0.29) is 18.3 Å². The summed E-state index contributed by atoms with van der Waals surface area (Å²) in [4.78, 5) is 11.3. The first-order valence-corrected chi connectivity index (χ1v) is 5.88. The lowest BCUT2D eigenvalue weighted by Crippen LogP contribution is -2.17. The topological polar surface area (TPSA) is 38.3 Å². The highest BCUT2D eigenvalue weighted by atomic mass is 19.1. The van der Waals surface area contributed by atoms with E-state index in [1.165, 1.54) is 12.1 Å². The first-order chi connectivity index (χ1) is 9.19. The Hall–Kier alpha value is -2.36. The summed E-state index contributed by atoms with van der Waals surface area (Å²) in [7, 11) is 1.58. The van der Waals surface area contributed by atoms with Crippen molar-refractivity contribution in [3.05, 3.63) is 65.5 Å². The second-order valence-electron chi connectivity index (χ2n) is 4.02. The summed E-state index contributed by atoms with van der Waals surface area (Å²) in [6, 6.07) is 13.0. The number of ether oxygens (including phenoxy) is 1. The molecule has 0 fully saturated rings. The highest BCUT2D eigenvalue weighted by Crippen LogP contribution is 2.14. The molecule has 19 heavy (non-hydrogen) atoms. The zero-order chi connectivity index (χ0) is 13.7. The van der Waals surface area contributed by atoms with Crippen LogP contribution in [0, 0.1) is 5.82 Å². The molecule has 0 unspecified atom stereocenters. The number of hydrogen-bond donors (Lipinski definition) is 1. The minimum Gasteiger partial charge on any atom is -0.489 e. The zero-order valence-electron chi connectivity index (χ0n) is 10.5. The van der Waals surface area contributed by atoms with Crippen LogP contribution in [0.15, 0.2) is 48.5 Å². The first-order valence-electron chi connectivity index (χ1n) is 5.88. The standard InChI is InChI=1S/C15H14FNO2/c1-17-15(18)12-5-7-14(8-6-12)19-10-11-3-2-4-13(16)9-11/h2-9H,10H2,1H3,(H,17,18). The van der Waals surface area contributed by atoms with Gasteiger partial charge in [0.05, 0.1) is 0 Å². The lowest BCUT2D eigenvalue weighted by molar-refractivity contribution is 0.0963. The molecule has 0 atom stereocenters. The van der Waals surface area contributed by atoms with Crippen LogP contribution in [-0.4, -0.2) is 13.0 Å². The van der Waals surface area contributed by atoms with Crippen molar-refractivity contribution in [1.82, 2.24) is 5.32 Å². The van der Waals surface area contributed by atoms with Crippen LogP contribution in [0.3, 0.4) is 0 Å². The largest absolute Gasteiger partial charge is 0.489 e. The quantitative estimate of drug-likeness (QED) is 0.916. The maximum Gasteiger partial charge on any atom is 0.251 e. The van der Waals surface area contributed by atoms with Crippen LogP contribution in [0.25, 0.3) is 0 Å². The molecular weight excluding hydrogens is 245 g/mol. The van der Waals surface area contributed by atoms with E-state index in [0.29, 0.717) is 11.3 Å². The summed E-state index contributed by atoms with van der Waals surface area (Å²) in [5.41, 5.74) is 1.33. The van der Waals surface area contributed by atoms with Crippen LogP contribution in [0.1, 0.15) is 15.9 Å². The van der Waals surface area contributed by atoms with Gasteiger partial charge in [0.25, 0.3) is 5.91 Å². The fourth-order valence-corrected chi connectivity index (χ4v) is 1.64. The fraction of sp³-hybridized carbons (Fsp3) is 0.133. The van der Waals surface area contributed by atoms with Gasteiger partial charge in [-0.15, -0.1) is 0 Å². The van der Waals surface area contributed by atoms with Crippen molar-refractivity contribution in [1.29, 1.82) is 0 Å². The summed E-state index contributed by atoms with van der Waals surface area (Å²) in [6.07, 6.45) is 0. The van der Waals surface area contributed by atoms with Crippen LogP contribution < -0.4 is 10.1 Å². The third-order valence-corrected chi connectivity index (χ3v) is 2.64. The van der Waals surface area contributed by atoms with Crippen LogP contribution in [0.5, 0.6) is 5.75 Å². The number of rotatable bonds is 4. The maximum atomic E-state index is 13.0. The molecule has 0 heterocycles. The Morgan fingerprint density at radius 1 is 1.21 bits per heavy atom. The Bertz CT molecular complexity index is 567. The predicted octanol–water partition coefficient (Wildman–Crippen LogP) is 2.76. The van der Waals surface area contributed by atoms with E-state index in [4.69, 9.17) is 4.74 Å². The van der Waals surface area contributed by atoms with Crippen molar-refractivity contribution in [2.75, 3.05) is 7.05 Å². The van der Waals surface area contributed by atoms with Gasteiger partial charge in [-0.3, -0.25) is 4.79 Å². The van der Waals surface area contributed by atoms with Crippen LogP contribution in [0.2, 0.25) is 0 Å². The van der Waals surface area contributed by atoms with Crippen molar-refractivity contribution in [2.24, 2.45) is 0 Å². The molecule has 4 heteroatoms. The van der Waals surface area contributed by atoms with Gasteiger partial charge in [0.1, 0.15) is 18.2 Å². The number of hydrogen-bond acceptors (Lipinski definition) is 2. The van der Waals surface area contributed by atoms with Gasteiger partial charge >= 0.3 is 0 Å². The highest BCUT2D eigenvalue weighted by molar-refractivity contribution is 5.94. The molecule has 0 aliphatic rings. The van der Waals surface area contributed by atoms with E-state index in [0.717, 1.165) is 5.56 Å². The number of amides is 1. The van der Waals surface area contributed by atoms with Gasteiger partial charge in [-0.2, -0.15) is 0 Å². The summed E-state index contributed by atoms with van der Waals surface area (Å²) in [5.74, 6) is 0.213. The molecule has 2 aromatic rings. The van der Waals surface area contributed by atoms with Crippen molar-refractivity contribution in [3.8, 4) is 5.75 Å². The fourth-order valence-electron chi connectivity index (χ4n) is 1.64. The maximum absolute atomic E-state index is 13.0. The number of carbonyl (C=O) groups excluding carboxylic acids is 1. The number of benzene rings is 2. The van der Waals surface area contributed by atoms with Crippen LogP contribution in [0.4, 0.5) is 4.39 Å². The van der Waals surface area contributed by atoms with E-state index in [1.807, 2.05) is 0 Å². The van der Waals surface area contributed by atoms with Crippen molar-refractivity contribution in [2.45, 2.75) is 6.61 Å². The van der Waals surface area contributed by atoms with Gasteiger partial charge in [-0.1, -0.05) is 12.1 Å². The predicted molar refractivity (Wildman–Crippen MR) is 70.6 cm³/mol.